The van der Waals surface area contributed by atoms with Crippen LogP contribution in [0.1, 0.15) is 0 Å². The van der Waals surface area contributed by atoms with Gasteiger partial charge in [0.2, 0.25) is 0 Å². The Hall–Kier alpha value is -6.38. The predicted octanol–water partition coefficient (Wildman–Crippen LogP) is 13.8. The Morgan fingerprint density at radius 1 is 0.104 bits per heavy atom. The van der Waals surface area contributed by atoms with Crippen molar-refractivity contribution in [2.75, 3.05) is 0 Å². The molecule has 5 heteroatoms. The van der Waals surface area contributed by atoms with Crippen LogP contribution in [-0.4, -0.2) is 0 Å². The Morgan fingerprint density at radius 2 is 0.169 bits per heavy atom. The second kappa shape index (κ2) is 31.7. The molecule has 0 fully saturated rings. The average molecular weight is 1090 g/mol. The van der Waals surface area contributed by atoms with E-state index in [2.05, 4.69) is 364 Å². The molecule has 0 bridgehead atoms. The van der Waals surface area contributed by atoms with Gasteiger partial charge in [0.25, 0.3) is 0 Å². The minimum Gasteiger partial charge on any atom is -0.0622 e. The zero-order chi connectivity index (χ0) is 51.7. The second-order valence-corrected chi connectivity index (χ2v) is 26.2. The fourth-order valence-corrected chi connectivity index (χ4v) is 17.9. The first kappa shape index (κ1) is 56.8. The van der Waals surface area contributed by atoms with Crippen LogP contribution in [0, 0.1) is 37.7 Å². The summed E-state index contributed by atoms with van der Waals surface area (Å²) in [6.45, 7) is 0. The standard InChI is InChI=1S/4C18H15P.Ar/c4*1-4-10-16(11-5-1)19(17-12-6-2-7-13-17)18-14-8-3-9-15-18;/h4*1-15H;. The molecule has 0 aromatic heterocycles. The molecule has 0 atom stereocenters. The van der Waals surface area contributed by atoms with Crippen molar-refractivity contribution in [3.63, 3.8) is 0 Å². The van der Waals surface area contributed by atoms with Gasteiger partial charge in [-0.25, -0.2) is 0 Å². The third kappa shape index (κ3) is 16.8. The van der Waals surface area contributed by atoms with Gasteiger partial charge in [-0.1, -0.05) is 364 Å². The van der Waals surface area contributed by atoms with E-state index in [1.165, 1.54) is 63.7 Å². The molecule has 0 unspecified atom stereocenters. The fourth-order valence-electron chi connectivity index (χ4n) is 8.71. The third-order valence-electron chi connectivity index (χ3n) is 12.2. The molecule has 0 aliphatic rings. The summed E-state index contributed by atoms with van der Waals surface area (Å²) in [4.78, 5) is 0. The molecular weight excluding hydrogens is 1030 g/mol. The topological polar surface area (TPSA) is 0 Å². The Kier molecular flexibility index (Phi) is 23.4. The van der Waals surface area contributed by atoms with Crippen molar-refractivity contribution in [2.24, 2.45) is 0 Å². The van der Waals surface area contributed by atoms with Crippen LogP contribution in [0.5, 0.6) is 0 Å². The van der Waals surface area contributed by atoms with Gasteiger partial charge in [0.05, 0.1) is 0 Å². The van der Waals surface area contributed by atoms with Crippen LogP contribution in [0.25, 0.3) is 0 Å². The SMILES string of the molecule is [Ar].c1ccc(P(c2ccccc2)c2ccccc2)cc1.c1ccc(P(c2ccccc2)c2ccccc2)cc1.c1ccc(P(c2ccccc2)c2ccccc2)cc1.c1ccc(P(c2ccccc2)c2ccccc2)cc1. The molecule has 12 aromatic rings. The first-order valence-corrected chi connectivity index (χ1v) is 31.0. The quantitative estimate of drug-likeness (QED) is 0.107. The number of rotatable bonds is 12. The van der Waals surface area contributed by atoms with E-state index in [-0.39, 0.29) is 37.7 Å². The molecule has 0 amide bonds. The van der Waals surface area contributed by atoms with Gasteiger partial charge in [0.15, 0.2) is 0 Å². The summed E-state index contributed by atoms with van der Waals surface area (Å²) in [5, 5.41) is 16.8. The van der Waals surface area contributed by atoms with Crippen molar-refractivity contribution in [1.29, 1.82) is 0 Å². The zero-order valence-electron chi connectivity index (χ0n) is 42.8. The van der Waals surface area contributed by atoms with E-state index in [9.17, 15) is 0 Å². The summed E-state index contributed by atoms with van der Waals surface area (Å²) in [5.41, 5.74) is 0. The van der Waals surface area contributed by atoms with E-state index >= 15 is 0 Å². The van der Waals surface area contributed by atoms with Crippen molar-refractivity contribution in [3.05, 3.63) is 364 Å². The summed E-state index contributed by atoms with van der Waals surface area (Å²) < 4.78 is 0. The Labute approximate surface area is 492 Å². The molecular formula is C72H60ArP4. The molecule has 0 radical (unpaired) electrons. The monoisotopic (exact) mass is 1090 g/mol. The van der Waals surface area contributed by atoms with Gasteiger partial charge in [0.1, 0.15) is 0 Å². The maximum atomic E-state index is 2.23. The van der Waals surface area contributed by atoms with Gasteiger partial charge >= 0.3 is 0 Å². The average Bonchev–Trinajstić information content (AvgIpc) is 3.51. The van der Waals surface area contributed by atoms with Crippen LogP contribution >= 0.6 is 31.7 Å². The normalized spacial score (nSPS) is 10.4. The smallest absolute Gasteiger partial charge is 0 e. The van der Waals surface area contributed by atoms with E-state index in [1.54, 1.807) is 0 Å². The minimum absolute atomic E-state index is 0. The molecule has 0 saturated heterocycles. The largest absolute Gasteiger partial charge is 0.0622 e. The molecule has 0 N–H and O–H groups in total. The minimum atomic E-state index is -0.446. The van der Waals surface area contributed by atoms with E-state index in [0.29, 0.717) is 0 Å². The Morgan fingerprint density at radius 3 is 0.234 bits per heavy atom. The molecule has 12 rings (SSSR count). The van der Waals surface area contributed by atoms with Crippen LogP contribution in [0.3, 0.4) is 0 Å². The van der Waals surface area contributed by atoms with E-state index in [1.807, 2.05) is 0 Å². The molecule has 0 heterocycles. The number of hydrogen-bond donors (Lipinski definition) is 0. The summed E-state index contributed by atoms with van der Waals surface area (Å²) in [7, 11) is -1.78. The second-order valence-electron chi connectivity index (χ2n) is 17.4. The van der Waals surface area contributed by atoms with Crippen LogP contribution < -0.4 is 63.7 Å². The van der Waals surface area contributed by atoms with Crippen LogP contribution in [0.2, 0.25) is 0 Å². The van der Waals surface area contributed by atoms with Crippen LogP contribution in [0.4, 0.5) is 0 Å². The van der Waals surface area contributed by atoms with E-state index in [4.69, 9.17) is 0 Å². The molecule has 0 aliphatic carbocycles. The van der Waals surface area contributed by atoms with Crippen molar-refractivity contribution in [1.82, 2.24) is 0 Å². The summed E-state index contributed by atoms with van der Waals surface area (Å²) in [6.07, 6.45) is 0. The van der Waals surface area contributed by atoms with Gasteiger partial charge in [0, 0.05) is 37.7 Å². The van der Waals surface area contributed by atoms with Crippen molar-refractivity contribution < 1.29 is 37.7 Å². The van der Waals surface area contributed by atoms with Crippen LogP contribution in [-0.2, 0) is 0 Å². The fraction of sp³-hybridized carbons (Fsp3) is 0. The van der Waals surface area contributed by atoms with Crippen molar-refractivity contribution >= 4 is 95.3 Å². The maximum Gasteiger partial charge on any atom is 0 e. The predicted molar refractivity (Wildman–Crippen MR) is 341 cm³/mol. The van der Waals surface area contributed by atoms with Gasteiger partial charge in [-0.3, -0.25) is 0 Å². The van der Waals surface area contributed by atoms with Gasteiger partial charge < -0.3 is 0 Å². The van der Waals surface area contributed by atoms with Crippen LogP contribution in [0.15, 0.2) is 364 Å². The summed E-state index contributed by atoms with van der Waals surface area (Å²) >= 11 is 0. The van der Waals surface area contributed by atoms with Gasteiger partial charge in [-0.2, -0.15) is 0 Å². The Bertz CT molecular complexity index is 2580. The third-order valence-corrected chi connectivity index (χ3v) is 21.9. The van der Waals surface area contributed by atoms with Crippen molar-refractivity contribution in [3.8, 4) is 0 Å². The zero-order valence-corrected chi connectivity index (χ0v) is 47.1. The first-order chi connectivity index (χ1) is 37.8. The van der Waals surface area contributed by atoms with E-state index in [0.717, 1.165) is 0 Å². The van der Waals surface area contributed by atoms with Gasteiger partial charge in [-0.15, -0.1) is 0 Å². The molecule has 0 saturated carbocycles. The summed E-state index contributed by atoms with van der Waals surface area (Å²) in [6, 6.07) is 129. The first-order valence-electron chi connectivity index (χ1n) is 25.6. The molecule has 0 nitrogen and oxygen atoms in total. The van der Waals surface area contributed by atoms with Gasteiger partial charge in [-0.05, 0) is 95.3 Å². The van der Waals surface area contributed by atoms with E-state index < -0.39 is 31.7 Å². The Balaban J connectivity index is 0.000000135. The summed E-state index contributed by atoms with van der Waals surface area (Å²) in [5.74, 6) is 0. The molecule has 0 spiro atoms. The van der Waals surface area contributed by atoms with Crippen molar-refractivity contribution in [2.45, 2.75) is 0 Å². The number of benzene rings is 12. The molecule has 12 aromatic carbocycles. The molecule has 77 heavy (non-hydrogen) atoms. The number of hydrogen-bond acceptors (Lipinski definition) is 0. The molecule has 0 aliphatic heterocycles. The molecule has 376 valence electrons. The maximum absolute atomic E-state index is 2.23.